The summed E-state index contributed by atoms with van der Waals surface area (Å²) in [7, 11) is 1.61. The Morgan fingerprint density at radius 3 is 2.71 bits per heavy atom. The number of amides is 1. The molecule has 0 saturated carbocycles. The Balaban J connectivity index is 2.25. The summed E-state index contributed by atoms with van der Waals surface area (Å²) in [5.74, 6) is 1.54. The Labute approximate surface area is 186 Å². The number of benzene rings is 1. The van der Waals surface area contributed by atoms with E-state index < -0.39 is 11.2 Å². The highest BCUT2D eigenvalue weighted by Gasteiger charge is 2.24. The van der Waals surface area contributed by atoms with Crippen molar-refractivity contribution in [3.63, 3.8) is 0 Å². The van der Waals surface area contributed by atoms with E-state index in [-0.39, 0.29) is 29.1 Å². The first-order valence-corrected chi connectivity index (χ1v) is 11.6. The predicted molar refractivity (Wildman–Crippen MR) is 127 cm³/mol. The summed E-state index contributed by atoms with van der Waals surface area (Å²) in [6.07, 6.45) is 1.57. The van der Waals surface area contributed by atoms with Gasteiger partial charge in [0, 0.05) is 18.8 Å². The van der Waals surface area contributed by atoms with Crippen molar-refractivity contribution in [1.29, 1.82) is 0 Å². The van der Waals surface area contributed by atoms with Crippen molar-refractivity contribution in [2.45, 2.75) is 45.9 Å². The van der Waals surface area contributed by atoms with Crippen molar-refractivity contribution in [2.75, 3.05) is 30.0 Å². The summed E-state index contributed by atoms with van der Waals surface area (Å²) >= 11 is 1.45. The van der Waals surface area contributed by atoms with E-state index in [4.69, 9.17) is 10.5 Å². The average molecular weight is 449 g/mol. The highest BCUT2D eigenvalue weighted by Crippen LogP contribution is 2.22. The highest BCUT2D eigenvalue weighted by atomic mass is 32.2. The third kappa shape index (κ3) is 6.65. The van der Waals surface area contributed by atoms with Gasteiger partial charge in [0.1, 0.15) is 11.6 Å². The lowest BCUT2D eigenvalue weighted by Crippen LogP contribution is -2.42. The number of methoxy groups -OCH3 is 1. The molecule has 8 nitrogen and oxygen atoms in total. The molecule has 3 N–H and O–H groups in total. The maximum absolute atomic E-state index is 13.1. The number of nitrogen functional groups attached to an aromatic ring is 1. The molecule has 0 fully saturated rings. The van der Waals surface area contributed by atoms with E-state index in [1.807, 2.05) is 45.0 Å². The molecule has 0 aliphatic heterocycles. The molecule has 1 amide bonds. The lowest BCUT2D eigenvalue weighted by atomic mass is 10.2. The molecule has 0 bridgehead atoms. The normalized spacial score (nSPS) is 11.0. The van der Waals surface area contributed by atoms with Crippen LogP contribution in [0, 0.1) is 5.92 Å². The summed E-state index contributed by atoms with van der Waals surface area (Å²) in [4.78, 5) is 41.7. The second kappa shape index (κ2) is 11.6. The van der Waals surface area contributed by atoms with E-state index in [1.54, 1.807) is 7.11 Å². The SMILES string of the molecule is CCCCN(C(=O)CSCc1cccc(OC)c1)c1c(N)n(CC(C)C)c(=O)[nH]c1=O. The molecular formula is C22H32N4O4S. The van der Waals surface area contributed by atoms with E-state index in [1.165, 1.54) is 21.2 Å². The van der Waals surface area contributed by atoms with Crippen LogP contribution < -0.4 is 26.6 Å². The van der Waals surface area contributed by atoms with Crippen LogP contribution in [0.4, 0.5) is 11.5 Å². The van der Waals surface area contributed by atoms with Gasteiger partial charge in [-0.1, -0.05) is 39.3 Å². The maximum atomic E-state index is 13.1. The first kappa shape index (κ1) is 24.6. The van der Waals surface area contributed by atoms with Gasteiger partial charge in [-0.05, 0) is 30.0 Å². The molecule has 170 valence electrons. The fourth-order valence-electron chi connectivity index (χ4n) is 3.16. The third-order valence-electron chi connectivity index (χ3n) is 4.70. The fraction of sp³-hybridized carbons (Fsp3) is 0.500. The number of carbonyl (C=O) groups is 1. The number of unbranched alkanes of at least 4 members (excludes halogenated alkanes) is 1. The Morgan fingerprint density at radius 1 is 1.32 bits per heavy atom. The van der Waals surface area contributed by atoms with E-state index in [9.17, 15) is 14.4 Å². The zero-order valence-electron chi connectivity index (χ0n) is 18.6. The van der Waals surface area contributed by atoms with Gasteiger partial charge in [-0.15, -0.1) is 11.8 Å². The number of aromatic nitrogens is 2. The molecule has 0 aliphatic carbocycles. The Hall–Kier alpha value is -2.68. The van der Waals surface area contributed by atoms with Gasteiger partial charge in [0.2, 0.25) is 5.91 Å². The van der Waals surface area contributed by atoms with Gasteiger partial charge in [0.05, 0.1) is 12.9 Å². The number of nitrogens with two attached hydrogens (primary N) is 1. The molecule has 0 aliphatic rings. The van der Waals surface area contributed by atoms with Crippen molar-refractivity contribution < 1.29 is 9.53 Å². The quantitative estimate of drug-likeness (QED) is 0.547. The lowest BCUT2D eigenvalue weighted by Gasteiger charge is -2.24. The number of rotatable bonds is 11. The van der Waals surface area contributed by atoms with Crippen molar-refractivity contribution in [3.05, 3.63) is 50.7 Å². The molecule has 0 spiro atoms. The minimum Gasteiger partial charge on any atom is -0.497 e. The number of hydrogen-bond donors (Lipinski definition) is 2. The number of ether oxygens (including phenoxy) is 1. The average Bonchev–Trinajstić information content (AvgIpc) is 2.73. The summed E-state index contributed by atoms with van der Waals surface area (Å²) < 4.78 is 6.56. The van der Waals surface area contributed by atoms with Crippen LogP contribution in [-0.2, 0) is 17.1 Å². The predicted octanol–water partition coefficient (Wildman–Crippen LogP) is 2.85. The van der Waals surface area contributed by atoms with Crippen LogP contribution in [0.5, 0.6) is 5.75 Å². The molecule has 2 rings (SSSR count). The minimum atomic E-state index is -0.634. The van der Waals surface area contributed by atoms with Crippen molar-refractivity contribution in [1.82, 2.24) is 9.55 Å². The minimum absolute atomic E-state index is 0.0321. The largest absolute Gasteiger partial charge is 0.497 e. The number of aromatic amines is 1. The smallest absolute Gasteiger partial charge is 0.330 e. The van der Waals surface area contributed by atoms with Crippen LogP contribution in [0.25, 0.3) is 0 Å². The van der Waals surface area contributed by atoms with Gasteiger partial charge in [0.15, 0.2) is 5.69 Å². The molecule has 1 aromatic heterocycles. The third-order valence-corrected chi connectivity index (χ3v) is 5.69. The molecular weight excluding hydrogens is 416 g/mol. The molecule has 1 heterocycles. The van der Waals surface area contributed by atoms with Crippen molar-refractivity contribution in [2.24, 2.45) is 5.92 Å². The second-order valence-corrected chi connectivity index (χ2v) is 8.73. The molecule has 2 aromatic rings. The Bertz CT molecular complexity index is 1000. The molecule has 0 radical (unpaired) electrons. The van der Waals surface area contributed by atoms with Crippen LogP contribution in [-0.4, -0.2) is 34.9 Å². The number of H-pyrrole nitrogens is 1. The Morgan fingerprint density at radius 2 is 2.06 bits per heavy atom. The lowest BCUT2D eigenvalue weighted by molar-refractivity contribution is -0.116. The topological polar surface area (TPSA) is 110 Å². The van der Waals surface area contributed by atoms with Gasteiger partial charge in [-0.2, -0.15) is 0 Å². The summed E-state index contributed by atoms with van der Waals surface area (Å²) in [6.45, 7) is 6.63. The molecule has 9 heteroatoms. The number of nitrogens with one attached hydrogen (secondary N) is 1. The number of anilines is 2. The second-order valence-electron chi connectivity index (χ2n) is 7.74. The van der Waals surface area contributed by atoms with E-state index >= 15 is 0 Å². The van der Waals surface area contributed by atoms with Crippen molar-refractivity contribution >= 4 is 29.2 Å². The highest BCUT2D eigenvalue weighted by molar-refractivity contribution is 7.99. The zero-order chi connectivity index (χ0) is 23.0. The molecule has 0 saturated heterocycles. The monoisotopic (exact) mass is 448 g/mol. The summed E-state index contributed by atoms with van der Waals surface area (Å²) in [5, 5.41) is 0. The first-order valence-electron chi connectivity index (χ1n) is 10.4. The van der Waals surface area contributed by atoms with Gasteiger partial charge >= 0.3 is 5.69 Å². The van der Waals surface area contributed by atoms with Crippen LogP contribution in [0.2, 0.25) is 0 Å². The number of carbonyl (C=O) groups excluding carboxylic acids is 1. The summed E-state index contributed by atoms with van der Waals surface area (Å²) in [6, 6.07) is 7.67. The standard InChI is InChI=1S/C22H32N4O4S/c1-5-6-10-25(18(27)14-31-13-16-8-7-9-17(11-16)30-4)19-20(23)26(12-15(2)3)22(29)24-21(19)28/h7-9,11,15H,5-6,10,12-14,23H2,1-4H3,(H,24,28,29). The van der Waals surface area contributed by atoms with Gasteiger partial charge in [-0.3, -0.25) is 19.1 Å². The molecule has 1 aromatic carbocycles. The van der Waals surface area contributed by atoms with Gasteiger partial charge in [0.25, 0.3) is 5.56 Å². The zero-order valence-corrected chi connectivity index (χ0v) is 19.5. The molecule has 31 heavy (non-hydrogen) atoms. The fourth-order valence-corrected chi connectivity index (χ4v) is 4.01. The van der Waals surface area contributed by atoms with Crippen LogP contribution in [0.1, 0.15) is 39.2 Å². The number of thioether (sulfide) groups is 1. The number of nitrogens with zero attached hydrogens (tertiary/aromatic N) is 2. The van der Waals surface area contributed by atoms with Crippen LogP contribution in [0.3, 0.4) is 0 Å². The van der Waals surface area contributed by atoms with E-state index in [0.29, 0.717) is 25.3 Å². The van der Waals surface area contributed by atoms with Gasteiger partial charge in [-0.25, -0.2) is 4.79 Å². The molecule has 0 unspecified atom stereocenters. The maximum Gasteiger partial charge on any atom is 0.330 e. The van der Waals surface area contributed by atoms with Crippen LogP contribution >= 0.6 is 11.8 Å². The molecule has 0 atom stereocenters. The van der Waals surface area contributed by atoms with Crippen molar-refractivity contribution in [3.8, 4) is 5.75 Å². The number of hydrogen-bond acceptors (Lipinski definition) is 6. The summed E-state index contributed by atoms with van der Waals surface area (Å²) in [5.41, 5.74) is 6.13. The Kier molecular flexibility index (Phi) is 9.23. The van der Waals surface area contributed by atoms with Crippen LogP contribution in [0.15, 0.2) is 33.9 Å². The van der Waals surface area contributed by atoms with E-state index in [0.717, 1.165) is 17.7 Å². The van der Waals surface area contributed by atoms with Gasteiger partial charge < -0.3 is 15.4 Å². The van der Waals surface area contributed by atoms with E-state index in [2.05, 4.69) is 4.98 Å². The first-order chi connectivity index (χ1) is 14.8.